The monoisotopic (exact) mass is 249 g/mol. The Kier molecular flexibility index (Phi) is 3.83. The van der Waals surface area contributed by atoms with Gasteiger partial charge in [-0.15, -0.1) is 0 Å². The molecule has 2 aromatic heterocycles. The molecule has 96 valence electrons. The van der Waals surface area contributed by atoms with Gasteiger partial charge in [0.05, 0.1) is 12.8 Å². The number of nitrogens with zero attached hydrogens (tertiary/aromatic N) is 5. The van der Waals surface area contributed by atoms with Crippen molar-refractivity contribution in [3.8, 4) is 5.88 Å². The smallest absolute Gasteiger partial charge is 0.216 e. The highest BCUT2D eigenvalue weighted by atomic mass is 16.5. The number of hydrogen-bond donors (Lipinski definition) is 1. The van der Waals surface area contributed by atoms with Crippen molar-refractivity contribution in [1.29, 1.82) is 0 Å². The third-order valence-corrected chi connectivity index (χ3v) is 2.58. The van der Waals surface area contributed by atoms with Crippen LogP contribution >= 0.6 is 0 Å². The molecule has 1 atom stereocenters. The zero-order valence-electron chi connectivity index (χ0n) is 10.3. The van der Waals surface area contributed by atoms with Gasteiger partial charge in [-0.05, 0) is 6.92 Å². The Morgan fingerprint density at radius 3 is 2.89 bits per heavy atom. The lowest BCUT2D eigenvalue weighted by molar-refractivity contribution is 0.168. The molecule has 0 radical (unpaired) electrons. The van der Waals surface area contributed by atoms with Crippen molar-refractivity contribution in [2.75, 3.05) is 7.11 Å². The molecule has 7 heteroatoms. The first-order valence-corrected chi connectivity index (χ1v) is 5.65. The molecule has 0 aliphatic heterocycles. The van der Waals surface area contributed by atoms with Crippen molar-refractivity contribution in [1.82, 2.24) is 24.7 Å². The fourth-order valence-corrected chi connectivity index (χ4v) is 1.64. The highest BCUT2D eigenvalue weighted by molar-refractivity contribution is 5.16. The molecule has 0 bridgehead atoms. The van der Waals surface area contributed by atoms with Gasteiger partial charge in [0.25, 0.3) is 0 Å². The fraction of sp³-hybridized carbons (Fsp3) is 0.455. The number of aryl methyl sites for hydroxylation is 1. The molecule has 2 heterocycles. The minimum absolute atomic E-state index is 0.355. The summed E-state index contributed by atoms with van der Waals surface area (Å²) in [7, 11) is 1.52. The van der Waals surface area contributed by atoms with E-state index in [2.05, 4.69) is 20.1 Å². The second-order valence-electron chi connectivity index (χ2n) is 3.70. The first kappa shape index (κ1) is 12.4. The first-order chi connectivity index (χ1) is 8.74. The van der Waals surface area contributed by atoms with Crippen molar-refractivity contribution < 1.29 is 9.84 Å². The average molecular weight is 249 g/mol. The van der Waals surface area contributed by atoms with Gasteiger partial charge in [-0.1, -0.05) is 0 Å². The maximum Gasteiger partial charge on any atom is 0.216 e. The number of aliphatic hydroxyl groups is 1. The van der Waals surface area contributed by atoms with E-state index in [-0.39, 0.29) is 0 Å². The van der Waals surface area contributed by atoms with E-state index in [9.17, 15) is 5.11 Å². The lowest BCUT2D eigenvalue weighted by Gasteiger charge is -2.10. The largest absolute Gasteiger partial charge is 0.481 e. The standard InChI is InChI=1S/C11H15N5O2/c1-3-16-10(13-7-15-16)5-9(17)8-4-11(18-2)14-6-12-8/h4,6-7,9,17H,3,5H2,1-2H3. The first-order valence-electron chi connectivity index (χ1n) is 5.65. The third kappa shape index (κ3) is 2.62. The number of methoxy groups -OCH3 is 1. The number of aromatic nitrogens is 5. The van der Waals surface area contributed by atoms with Crippen molar-refractivity contribution in [3.05, 3.63) is 30.2 Å². The summed E-state index contributed by atoms with van der Waals surface area (Å²) >= 11 is 0. The second-order valence-corrected chi connectivity index (χ2v) is 3.70. The fourth-order valence-electron chi connectivity index (χ4n) is 1.64. The van der Waals surface area contributed by atoms with Gasteiger partial charge < -0.3 is 9.84 Å². The molecule has 2 rings (SSSR count). The molecule has 0 fully saturated rings. The van der Waals surface area contributed by atoms with E-state index in [4.69, 9.17) is 4.74 Å². The van der Waals surface area contributed by atoms with Crippen LogP contribution in [-0.4, -0.2) is 36.9 Å². The van der Waals surface area contributed by atoms with Crippen LogP contribution in [0.4, 0.5) is 0 Å². The molecule has 0 aliphatic rings. The second kappa shape index (κ2) is 5.54. The van der Waals surface area contributed by atoms with Crippen LogP contribution in [-0.2, 0) is 13.0 Å². The van der Waals surface area contributed by atoms with Gasteiger partial charge in [-0.2, -0.15) is 5.10 Å². The molecule has 2 aromatic rings. The normalized spacial score (nSPS) is 12.4. The number of hydrogen-bond acceptors (Lipinski definition) is 6. The highest BCUT2D eigenvalue weighted by Crippen LogP contribution is 2.17. The van der Waals surface area contributed by atoms with E-state index in [1.165, 1.54) is 19.8 Å². The van der Waals surface area contributed by atoms with Gasteiger partial charge in [0, 0.05) is 19.0 Å². The van der Waals surface area contributed by atoms with Crippen LogP contribution in [0.5, 0.6) is 5.88 Å². The third-order valence-electron chi connectivity index (χ3n) is 2.58. The predicted molar refractivity (Wildman–Crippen MR) is 62.9 cm³/mol. The molecule has 0 saturated heterocycles. The van der Waals surface area contributed by atoms with E-state index < -0.39 is 6.10 Å². The number of aliphatic hydroxyl groups excluding tert-OH is 1. The molecule has 0 amide bonds. The molecule has 0 saturated carbocycles. The van der Waals surface area contributed by atoms with Gasteiger partial charge in [-0.25, -0.2) is 15.0 Å². The molecule has 7 nitrogen and oxygen atoms in total. The van der Waals surface area contributed by atoms with Crippen LogP contribution in [0.15, 0.2) is 18.7 Å². The van der Waals surface area contributed by atoms with E-state index in [0.29, 0.717) is 18.0 Å². The Hall–Kier alpha value is -2.02. The molecule has 0 aliphatic carbocycles. The van der Waals surface area contributed by atoms with Gasteiger partial charge in [-0.3, -0.25) is 4.68 Å². The molecule has 1 unspecified atom stereocenters. The summed E-state index contributed by atoms with van der Waals surface area (Å²) < 4.78 is 6.73. The summed E-state index contributed by atoms with van der Waals surface area (Å²) in [4.78, 5) is 12.0. The highest BCUT2D eigenvalue weighted by Gasteiger charge is 2.15. The van der Waals surface area contributed by atoms with Crippen LogP contribution in [0.2, 0.25) is 0 Å². The van der Waals surface area contributed by atoms with Crippen LogP contribution in [0.3, 0.4) is 0 Å². The van der Waals surface area contributed by atoms with E-state index in [1.807, 2.05) is 6.92 Å². The molecular formula is C11H15N5O2. The summed E-state index contributed by atoms with van der Waals surface area (Å²) in [5.41, 5.74) is 0.507. The summed E-state index contributed by atoms with van der Waals surface area (Å²) in [5, 5.41) is 14.2. The van der Waals surface area contributed by atoms with Crippen LogP contribution in [0, 0.1) is 0 Å². The van der Waals surface area contributed by atoms with E-state index in [1.54, 1.807) is 10.7 Å². The Balaban J connectivity index is 2.13. The molecule has 18 heavy (non-hydrogen) atoms. The van der Waals surface area contributed by atoms with Crippen LogP contribution in [0.25, 0.3) is 0 Å². The average Bonchev–Trinajstić information content (AvgIpc) is 2.86. The van der Waals surface area contributed by atoms with Crippen LogP contribution < -0.4 is 4.74 Å². The van der Waals surface area contributed by atoms with Gasteiger partial charge in [0.1, 0.15) is 24.6 Å². The SMILES string of the molecule is CCn1ncnc1CC(O)c1cc(OC)ncn1. The molecule has 0 aromatic carbocycles. The Morgan fingerprint density at radius 1 is 1.33 bits per heavy atom. The Bertz CT molecular complexity index is 514. The number of ether oxygens (including phenoxy) is 1. The summed E-state index contributed by atoms with van der Waals surface area (Å²) in [5.74, 6) is 1.15. The van der Waals surface area contributed by atoms with E-state index in [0.717, 1.165) is 12.4 Å². The van der Waals surface area contributed by atoms with Crippen LogP contribution in [0.1, 0.15) is 24.5 Å². The summed E-state index contributed by atoms with van der Waals surface area (Å²) in [6, 6.07) is 1.61. The molecular weight excluding hydrogens is 234 g/mol. The quantitative estimate of drug-likeness (QED) is 0.824. The van der Waals surface area contributed by atoms with Crippen molar-refractivity contribution >= 4 is 0 Å². The van der Waals surface area contributed by atoms with Gasteiger partial charge in [0.2, 0.25) is 5.88 Å². The van der Waals surface area contributed by atoms with Crippen molar-refractivity contribution in [3.63, 3.8) is 0 Å². The molecule has 1 N–H and O–H groups in total. The van der Waals surface area contributed by atoms with Gasteiger partial charge in [0.15, 0.2) is 0 Å². The maximum atomic E-state index is 10.1. The van der Waals surface area contributed by atoms with Gasteiger partial charge >= 0.3 is 0 Å². The number of rotatable bonds is 5. The zero-order chi connectivity index (χ0) is 13.0. The lowest BCUT2D eigenvalue weighted by atomic mass is 10.1. The summed E-state index contributed by atoms with van der Waals surface area (Å²) in [6.45, 7) is 2.69. The maximum absolute atomic E-state index is 10.1. The minimum Gasteiger partial charge on any atom is -0.481 e. The topological polar surface area (TPSA) is 86.0 Å². The van der Waals surface area contributed by atoms with Crippen molar-refractivity contribution in [2.45, 2.75) is 26.0 Å². The lowest BCUT2D eigenvalue weighted by Crippen LogP contribution is -2.11. The Morgan fingerprint density at radius 2 is 2.17 bits per heavy atom. The Labute approximate surface area is 104 Å². The summed E-state index contributed by atoms with van der Waals surface area (Å²) in [6.07, 6.45) is 2.44. The van der Waals surface area contributed by atoms with E-state index >= 15 is 0 Å². The zero-order valence-corrected chi connectivity index (χ0v) is 10.3. The predicted octanol–water partition coefficient (Wildman–Crippen LogP) is 0.373. The van der Waals surface area contributed by atoms with Crippen molar-refractivity contribution in [2.24, 2.45) is 0 Å². The molecule has 0 spiro atoms. The minimum atomic E-state index is -0.753.